The summed E-state index contributed by atoms with van der Waals surface area (Å²) in [7, 11) is 1.91. The highest BCUT2D eigenvalue weighted by molar-refractivity contribution is 5.21. The second kappa shape index (κ2) is 6.04. The third-order valence-corrected chi connectivity index (χ3v) is 3.30. The lowest BCUT2D eigenvalue weighted by Gasteiger charge is -2.34. The number of hydrogen-bond acceptors (Lipinski definition) is 4. The van der Waals surface area contributed by atoms with E-state index in [2.05, 4.69) is 10.0 Å². The summed E-state index contributed by atoms with van der Waals surface area (Å²) in [5, 5.41) is 14.4. The van der Waals surface area contributed by atoms with Gasteiger partial charge in [0.25, 0.3) is 0 Å². The van der Waals surface area contributed by atoms with E-state index in [9.17, 15) is 5.11 Å². The summed E-state index contributed by atoms with van der Waals surface area (Å²) in [6.07, 6.45) is -0.482. The molecule has 2 rings (SSSR count). The van der Waals surface area contributed by atoms with E-state index in [0.29, 0.717) is 13.2 Å². The number of ether oxygens (including phenoxy) is 1. The summed E-state index contributed by atoms with van der Waals surface area (Å²) >= 11 is 0. The fraction of sp³-hybridized carbons (Fsp3) is 0.538. The molecule has 102 valence electrons. The van der Waals surface area contributed by atoms with Crippen LogP contribution in [0.25, 0.3) is 10.4 Å². The summed E-state index contributed by atoms with van der Waals surface area (Å²) in [6.45, 7) is 1.68. The summed E-state index contributed by atoms with van der Waals surface area (Å²) in [5.74, 6) is 0. The largest absolute Gasteiger partial charge is 0.385 e. The predicted octanol–water partition coefficient (Wildman–Crippen LogP) is 1.73. The van der Waals surface area contributed by atoms with Gasteiger partial charge in [0, 0.05) is 18.0 Å². The molecule has 0 bridgehead atoms. The van der Waals surface area contributed by atoms with Gasteiger partial charge in [-0.15, -0.1) is 0 Å². The Morgan fingerprint density at radius 2 is 2.26 bits per heavy atom. The Labute approximate surface area is 112 Å². The Bertz CT molecular complexity index is 461. The Morgan fingerprint density at radius 3 is 2.95 bits per heavy atom. The van der Waals surface area contributed by atoms with Crippen molar-refractivity contribution in [3.05, 3.63) is 46.3 Å². The van der Waals surface area contributed by atoms with Crippen LogP contribution in [-0.2, 0) is 4.74 Å². The van der Waals surface area contributed by atoms with Crippen LogP contribution in [0.2, 0.25) is 0 Å². The normalized spacial score (nSPS) is 28.4. The first-order valence-corrected chi connectivity index (χ1v) is 6.24. The van der Waals surface area contributed by atoms with Crippen LogP contribution in [0.4, 0.5) is 0 Å². The van der Waals surface area contributed by atoms with E-state index in [0.717, 1.165) is 12.1 Å². The van der Waals surface area contributed by atoms with Crippen LogP contribution < -0.4 is 0 Å². The zero-order valence-corrected chi connectivity index (χ0v) is 10.9. The van der Waals surface area contributed by atoms with Gasteiger partial charge in [0.05, 0.1) is 13.2 Å². The standard InChI is InChI=1S/C13H18N4O2/c1-17-7-8-19-12(11-5-3-2-4-6-11)13(18,10-17)9-15-16-14/h2-6,12,18H,7-10H2,1H3/t12?,13-/m0/s1. The third kappa shape index (κ3) is 3.24. The number of likely N-dealkylation sites (N-methyl/N-ethyl adjacent to an activating group) is 1. The van der Waals surface area contributed by atoms with Crippen molar-refractivity contribution in [3.8, 4) is 0 Å². The highest BCUT2D eigenvalue weighted by Crippen LogP contribution is 2.32. The summed E-state index contributed by atoms with van der Waals surface area (Å²) in [4.78, 5) is 4.73. The van der Waals surface area contributed by atoms with Crippen molar-refractivity contribution in [2.75, 3.05) is 33.3 Å². The topological polar surface area (TPSA) is 81.5 Å². The smallest absolute Gasteiger partial charge is 0.113 e. The number of hydrogen-bond donors (Lipinski definition) is 1. The van der Waals surface area contributed by atoms with E-state index in [1.165, 1.54) is 0 Å². The van der Waals surface area contributed by atoms with Crippen molar-refractivity contribution in [1.82, 2.24) is 4.90 Å². The van der Waals surface area contributed by atoms with Crippen molar-refractivity contribution >= 4 is 0 Å². The van der Waals surface area contributed by atoms with Crippen molar-refractivity contribution < 1.29 is 9.84 Å². The lowest BCUT2D eigenvalue weighted by Crippen LogP contribution is -2.47. The van der Waals surface area contributed by atoms with Crippen LogP contribution >= 0.6 is 0 Å². The minimum absolute atomic E-state index is 0.00655. The zero-order valence-electron chi connectivity index (χ0n) is 10.9. The van der Waals surface area contributed by atoms with Crippen LogP contribution in [0.15, 0.2) is 35.4 Å². The molecule has 0 aromatic heterocycles. The molecule has 2 atom stereocenters. The van der Waals surface area contributed by atoms with E-state index in [4.69, 9.17) is 10.3 Å². The van der Waals surface area contributed by atoms with Crippen LogP contribution in [0.3, 0.4) is 0 Å². The zero-order chi connectivity index (χ0) is 13.7. The first kappa shape index (κ1) is 13.8. The van der Waals surface area contributed by atoms with Gasteiger partial charge in [-0.1, -0.05) is 35.4 Å². The number of benzene rings is 1. The van der Waals surface area contributed by atoms with Gasteiger partial charge in [-0.3, -0.25) is 0 Å². The SMILES string of the molecule is CN1CCOC(c2ccccc2)[C@](O)(CN=[N+]=[N-])C1. The molecule has 1 N–H and O–H groups in total. The molecule has 1 unspecified atom stereocenters. The molecule has 1 aliphatic rings. The Hall–Kier alpha value is -1.59. The van der Waals surface area contributed by atoms with Crippen LogP contribution in [0.5, 0.6) is 0 Å². The summed E-state index contributed by atoms with van der Waals surface area (Å²) in [6, 6.07) is 9.55. The average molecular weight is 262 g/mol. The lowest BCUT2D eigenvalue weighted by molar-refractivity contribution is -0.0929. The molecule has 6 nitrogen and oxygen atoms in total. The van der Waals surface area contributed by atoms with Crippen molar-refractivity contribution in [3.63, 3.8) is 0 Å². The van der Waals surface area contributed by atoms with E-state index >= 15 is 0 Å². The van der Waals surface area contributed by atoms with Gasteiger partial charge in [-0.25, -0.2) is 0 Å². The summed E-state index contributed by atoms with van der Waals surface area (Å²) < 4.78 is 5.80. The first-order valence-electron chi connectivity index (χ1n) is 6.24. The molecule has 1 saturated heterocycles. The van der Waals surface area contributed by atoms with E-state index in [1.54, 1.807) is 0 Å². The highest BCUT2D eigenvalue weighted by Gasteiger charge is 2.40. The number of aliphatic hydroxyl groups is 1. The van der Waals surface area contributed by atoms with Gasteiger partial charge in [0.15, 0.2) is 0 Å². The summed E-state index contributed by atoms with van der Waals surface area (Å²) in [5.41, 5.74) is 8.18. The van der Waals surface area contributed by atoms with Crippen molar-refractivity contribution in [2.24, 2.45) is 5.11 Å². The lowest BCUT2D eigenvalue weighted by atomic mass is 9.90. The second-order valence-electron chi connectivity index (χ2n) is 4.89. The molecule has 19 heavy (non-hydrogen) atoms. The minimum Gasteiger partial charge on any atom is -0.385 e. The Balaban J connectivity index is 2.33. The van der Waals surface area contributed by atoms with Crippen molar-refractivity contribution in [1.29, 1.82) is 0 Å². The van der Waals surface area contributed by atoms with Gasteiger partial charge < -0.3 is 14.7 Å². The fourth-order valence-electron chi connectivity index (χ4n) is 2.43. The molecule has 1 aliphatic heterocycles. The number of rotatable bonds is 3. The quantitative estimate of drug-likeness (QED) is 0.511. The molecule has 0 amide bonds. The molecular weight excluding hydrogens is 244 g/mol. The minimum atomic E-state index is -1.21. The van der Waals surface area contributed by atoms with Gasteiger partial charge in [-0.05, 0) is 18.1 Å². The Kier molecular flexibility index (Phi) is 4.39. The molecule has 1 aromatic rings. The molecule has 1 fully saturated rings. The second-order valence-corrected chi connectivity index (χ2v) is 4.89. The van der Waals surface area contributed by atoms with Crippen LogP contribution in [-0.4, -0.2) is 48.9 Å². The van der Waals surface area contributed by atoms with Crippen LogP contribution in [0.1, 0.15) is 11.7 Å². The van der Waals surface area contributed by atoms with E-state index < -0.39 is 11.7 Å². The van der Waals surface area contributed by atoms with Gasteiger partial charge in [0.1, 0.15) is 11.7 Å². The number of β-amino-alcohol motifs (C(OH)–C–C–N with tert-alkyl or cyclic N) is 1. The number of azide groups is 1. The number of nitrogens with zero attached hydrogens (tertiary/aromatic N) is 4. The monoisotopic (exact) mass is 262 g/mol. The van der Waals surface area contributed by atoms with E-state index in [1.807, 2.05) is 42.3 Å². The highest BCUT2D eigenvalue weighted by atomic mass is 16.5. The molecule has 0 spiro atoms. The predicted molar refractivity (Wildman–Crippen MR) is 71.6 cm³/mol. The van der Waals surface area contributed by atoms with Gasteiger partial charge in [-0.2, -0.15) is 0 Å². The molecule has 1 aromatic carbocycles. The average Bonchev–Trinajstić information content (AvgIpc) is 2.56. The Morgan fingerprint density at radius 1 is 1.53 bits per heavy atom. The third-order valence-electron chi connectivity index (χ3n) is 3.30. The molecule has 1 heterocycles. The molecular formula is C13H18N4O2. The molecule has 0 saturated carbocycles. The maximum atomic E-state index is 10.8. The molecule has 0 aliphatic carbocycles. The van der Waals surface area contributed by atoms with Gasteiger partial charge in [0.2, 0.25) is 0 Å². The molecule has 0 radical (unpaired) electrons. The van der Waals surface area contributed by atoms with E-state index in [-0.39, 0.29) is 6.54 Å². The fourth-order valence-corrected chi connectivity index (χ4v) is 2.43. The maximum absolute atomic E-state index is 10.8. The maximum Gasteiger partial charge on any atom is 0.113 e. The van der Waals surface area contributed by atoms with Gasteiger partial charge >= 0.3 is 0 Å². The van der Waals surface area contributed by atoms with Crippen LogP contribution in [0, 0.1) is 0 Å². The first-order chi connectivity index (χ1) is 9.15. The van der Waals surface area contributed by atoms with Crippen molar-refractivity contribution in [2.45, 2.75) is 11.7 Å². The molecule has 6 heteroatoms.